The van der Waals surface area contributed by atoms with Crippen molar-refractivity contribution in [2.24, 2.45) is 0 Å². The third-order valence-electron chi connectivity index (χ3n) is 4.41. The summed E-state index contributed by atoms with van der Waals surface area (Å²) in [5.74, 6) is 1.70. The van der Waals surface area contributed by atoms with Crippen molar-refractivity contribution in [1.82, 2.24) is 15.5 Å². The number of hydrogen-bond acceptors (Lipinski definition) is 6. The van der Waals surface area contributed by atoms with Gasteiger partial charge in [-0.25, -0.2) is 0 Å². The Hall–Kier alpha value is -2.18. The smallest absolute Gasteiger partial charge is 0.151 e. The third-order valence-corrected chi connectivity index (χ3v) is 4.41. The van der Waals surface area contributed by atoms with Gasteiger partial charge in [0.05, 0.1) is 0 Å². The molecule has 0 radical (unpaired) electrons. The molecule has 2 heterocycles. The second-order valence-electron chi connectivity index (χ2n) is 6.55. The maximum atomic E-state index is 10.2. The summed E-state index contributed by atoms with van der Waals surface area (Å²) in [7, 11) is 0. The Morgan fingerprint density at radius 3 is 2.92 bits per heavy atom. The number of nitrogens with zero attached hydrogens (tertiary/aromatic N) is 3. The zero-order valence-electron chi connectivity index (χ0n) is 14.6. The van der Waals surface area contributed by atoms with E-state index in [4.69, 9.17) is 4.74 Å². The van der Waals surface area contributed by atoms with E-state index >= 15 is 0 Å². The van der Waals surface area contributed by atoms with Crippen LogP contribution in [-0.4, -0.2) is 53.7 Å². The van der Waals surface area contributed by atoms with Gasteiger partial charge in [-0.1, -0.05) is 17.7 Å². The second kappa shape index (κ2) is 8.78. The van der Waals surface area contributed by atoms with Gasteiger partial charge in [0.25, 0.3) is 0 Å². The normalized spacial score (nSPS) is 18.8. The molecule has 1 aliphatic heterocycles. The van der Waals surface area contributed by atoms with Gasteiger partial charge in [-0.05, 0) is 44.0 Å². The van der Waals surface area contributed by atoms with Crippen molar-refractivity contribution in [3.8, 4) is 5.75 Å². The SMILES string of the molecule is Cc1ccc(OC[C@H](O)CN[C@@H]2CCCN(c3cccnn3)C2)cc1. The largest absolute Gasteiger partial charge is 0.491 e. The standard InChI is InChI=1S/C19H26N4O2/c1-15-6-8-18(9-7-15)25-14-17(24)12-20-16-4-3-11-23(13-16)19-5-2-10-21-22-19/h2,5-10,16-17,20,24H,3-4,11-14H2,1H3/t16-,17-/m1/s1. The number of ether oxygens (including phenoxy) is 1. The number of hydrogen-bond donors (Lipinski definition) is 2. The van der Waals surface area contributed by atoms with Crippen LogP contribution in [0.2, 0.25) is 0 Å². The minimum Gasteiger partial charge on any atom is -0.491 e. The quantitative estimate of drug-likeness (QED) is 0.799. The topological polar surface area (TPSA) is 70.5 Å². The number of aliphatic hydroxyl groups is 1. The van der Waals surface area contributed by atoms with E-state index in [9.17, 15) is 5.11 Å². The Balaban J connectivity index is 1.40. The Bertz CT molecular complexity index is 636. The Kier molecular flexibility index (Phi) is 6.19. The third kappa shape index (κ3) is 5.41. The second-order valence-corrected chi connectivity index (χ2v) is 6.55. The average molecular weight is 342 g/mol. The van der Waals surface area contributed by atoms with Crippen molar-refractivity contribution in [3.05, 3.63) is 48.2 Å². The van der Waals surface area contributed by atoms with Crippen LogP contribution < -0.4 is 15.0 Å². The molecule has 1 aliphatic rings. The molecule has 3 rings (SSSR count). The predicted molar refractivity (Wildman–Crippen MR) is 98.0 cm³/mol. The van der Waals surface area contributed by atoms with Crippen LogP contribution in [0.1, 0.15) is 18.4 Å². The van der Waals surface area contributed by atoms with Crippen LogP contribution >= 0.6 is 0 Å². The van der Waals surface area contributed by atoms with Crippen molar-refractivity contribution in [2.75, 3.05) is 31.1 Å². The molecule has 0 amide bonds. The van der Waals surface area contributed by atoms with Crippen LogP contribution in [0, 0.1) is 6.92 Å². The van der Waals surface area contributed by atoms with E-state index < -0.39 is 6.10 Å². The molecule has 0 aliphatic carbocycles. The number of benzene rings is 1. The molecular formula is C19H26N4O2. The van der Waals surface area contributed by atoms with Crippen molar-refractivity contribution in [3.63, 3.8) is 0 Å². The van der Waals surface area contributed by atoms with Gasteiger partial charge in [0, 0.05) is 31.9 Å². The highest BCUT2D eigenvalue weighted by molar-refractivity contribution is 5.37. The molecule has 0 saturated carbocycles. The van der Waals surface area contributed by atoms with Crippen LogP contribution in [0.3, 0.4) is 0 Å². The first kappa shape index (κ1) is 17.6. The summed E-state index contributed by atoms with van der Waals surface area (Å²) in [6.45, 7) is 4.72. The summed E-state index contributed by atoms with van der Waals surface area (Å²) in [5, 5.41) is 21.7. The lowest BCUT2D eigenvalue weighted by molar-refractivity contribution is 0.103. The van der Waals surface area contributed by atoms with Crippen LogP contribution in [0.5, 0.6) is 5.75 Å². The van der Waals surface area contributed by atoms with Gasteiger partial charge in [0.1, 0.15) is 18.5 Å². The Morgan fingerprint density at radius 1 is 1.32 bits per heavy atom. The number of piperidine rings is 1. The molecule has 0 spiro atoms. The predicted octanol–water partition coefficient (Wildman–Crippen LogP) is 1.78. The molecule has 2 atom stereocenters. The zero-order valence-corrected chi connectivity index (χ0v) is 14.6. The molecule has 2 aromatic rings. The summed E-state index contributed by atoms with van der Waals surface area (Å²) in [4.78, 5) is 2.24. The molecule has 0 bridgehead atoms. The molecule has 6 heteroatoms. The lowest BCUT2D eigenvalue weighted by Gasteiger charge is -2.34. The van der Waals surface area contributed by atoms with E-state index in [1.807, 2.05) is 43.3 Å². The summed E-state index contributed by atoms with van der Waals surface area (Å²) >= 11 is 0. The van der Waals surface area contributed by atoms with Gasteiger partial charge in [-0.2, -0.15) is 5.10 Å². The summed E-state index contributed by atoms with van der Waals surface area (Å²) in [6, 6.07) is 12.1. The lowest BCUT2D eigenvalue weighted by atomic mass is 10.1. The van der Waals surface area contributed by atoms with Gasteiger partial charge in [0.2, 0.25) is 0 Å². The molecule has 1 aromatic carbocycles. The number of aryl methyl sites for hydroxylation is 1. The van der Waals surface area contributed by atoms with E-state index in [1.165, 1.54) is 5.56 Å². The fraction of sp³-hybridized carbons (Fsp3) is 0.474. The minimum atomic E-state index is -0.534. The monoisotopic (exact) mass is 342 g/mol. The fourth-order valence-electron chi connectivity index (χ4n) is 3.00. The highest BCUT2D eigenvalue weighted by Gasteiger charge is 2.21. The van der Waals surface area contributed by atoms with Crippen LogP contribution in [0.15, 0.2) is 42.6 Å². The lowest BCUT2D eigenvalue weighted by Crippen LogP contribution is -2.48. The molecule has 1 aromatic heterocycles. The number of aliphatic hydroxyl groups excluding tert-OH is 1. The fourth-order valence-corrected chi connectivity index (χ4v) is 3.00. The number of aromatic nitrogens is 2. The Labute approximate surface area is 148 Å². The minimum absolute atomic E-state index is 0.288. The van der Waals surface area contributed by atoms with Gasteiger partial charge < -0.3 is 20.1 Å². The van der Waals surface area contributed by atoms with E-state index in [2.05, 4.69) is 20.4 Å². The first-order valence-electron chi connectivity index (χ1n) is 8.84. The van der Waals surface area contributed by atoms with E-state index in [1.54, 1.807) is 6.20 Å². The summed E-state index contributed by atoms with van der Waals surface area (Å²) < 4.78 is 5.63. The van der Waals surface area contributed by atoms with Crippen molar-refractivity contribution < 1.29 is 9.84 Å². The molecule has 1 saturated heterocycles. The summed E-state index contributed by atoms with van der Waals surface area (Å²) in [5.41, 5.74) is 1.19. The average Bonchev–Trinajstić information content (AvgIpc) is 2.67. The van der Waals surface area contributed by atoms with Gasteiger partial charge in [0.15, 0.2) is 5.82 Å². The van der Waals surface area contributed by atoms with E-state index in [0.717, 1.165) is 37.5 Å². The van der Waals surface area contributed by atoms with Crippen LogP contribution in [-0.2, 0) is 0 Å². The molecule has 0 unspecified atom stereocenters. The maximum absolute atomic E-state index is 10.2. The number of nitrogens with one attached hydrogen (secondary N) is 1. The van der Waals surface area contributed by atoms with Crippen molar-refractivity contribution >= 4 is 5.82 Å². The van der Waals surface area contributed by atoms with E-state index in [-0.39, 0.29) is 6.61 Å². The zero-order chi connectivity index (χ0) is 17.5. The first-order chi connectivity index (χ1) is 12.2. The van der Waals surface area contributed by atoms with Gasteiger partial charge >= 0.3 is 0 Å². The highest BCUT2D eigenvalue weighted by atomic mass is 16.5. The first-order valence-corrected chi connectivity index (χ1v) is 8.84. The molecule has 2 N–H and O–H groups in total. The molecule has 25 heavy (non-hydrogen) atoms. The molecule has 134 valence electrons. The Morgan fingerprint density at radius 2 is 2.16 bits per heavy atom. The van der Waals surface area contributed by atoms with Gasteiger partial charge in [-0.3, -0.25) is 0 Å². The number of rotatable bonds is 7. The van der Waals surface area contributed by atoms with Crippen LogP contribution in [0.25, 0.3) is 0 Å². The molecule has 1 fully saturated rings. The van der Waals surface area contributed by atoms with Crippen molar-refractivity contribution in [1.29, 1.82) is 0 Å². The summed E-state index contributed by atoms with van der Waals surface area (Å²) in [6.07, 6.45) is 3.35. The maximum Gasteiger partial charge on any atom is 0.151 e. The van der Waals surface area contributed by atoms with Crippen LogP contribution in [0.4, 0.5) is 5.82 Å². The van der Waals surface area contributed by atoms with E-state index in [0.29, 0.717) is 12.6 Å². The number of anilines is 1. The molecular weight excluding hydrogens is 316 g/mol. The van der Waals surface area contributed by atoms with Gasteiger partial charge in [-0.15, -0.1) is 5.10 Å². The van der Waals surface area contributed by atoms with Crippen molar-refractivity contribution in [2.45, 2.75) is 31.9 Å². The molecule has 6 nitrogen and oxygen atoms in total. The highest BCUT2D eigenvalue weighted by Crippen LogP contribution is 2.16.